The molecule has 8 heteroatoms. The van der Waals surface area contributed by atoms with Gasteiger partial charge in [-0.2, -0.15) is 4.31 Å². The predicted octanol–water partition coefficient (Wildman–Crippen LogP) is 2.71. The molecule has 2 aromatic rings. The Morgan fingerprint density at radius 3 is 2.69 bits per heavy atom. The normalized spacial score (nSPS) is 25.5. The van der Waals surface area contributed by atoms with E-state index in [1.165, 1.54) is 22.5 Å². The summed E-state index contributed by atoms with van der Waals surface area (Å²) in [7, 11) is -3.71. The first kappa shape index (κ1) is 16.4. The van der Waals surface area contributed by atoms with Crippen molar-refractivity contribution in [3.63, 3.8) is 0 Å². The molecule has 0 N–H and O–H groups in total. The lowest BCUT2D eigenvalue weighted by Crippen LogP contribution is -2.38. The highest BCUT2D eigenvalue weighted by Crippen LogP contribution is 2.56. The molecule has 1 spiro atoms. The van der Waals surface area contributed by atoms with Crippen LogP contribution in [0, 0.1) is 11.2 Å². The largest absolute Gasteiger partial charge is 0.314 e. The van der Waals surface area contributed by atoms with E-state index in [2.05, 4.69) is 14.8 Å². The molecule has 1 aliphatic heterocycles. The summed E-state index contributed by atoms with van der Waals surface area (Å²) in [6.07, 6.45) is 7.17. The second-order valence-electron chi connectivity index (χ2n) is 7.85. The van der Waals surface area contributed by atoms with Gasteiger partial charge in [0.2, 0.25) is 10.0 Å². The SMILES string of the molecule is O=S(=O)(c1cccc(F)c1)N1CC(c2nncn2C2CC2)C2(CCC2)C1. The average molecular weight is 376 g/mol. The van der Waals surface area contributed by atoms with Crippen LogP contribution in [0.1, 0.15) is 49.9 Å². The van der Waals surface area contributed by atoms with Crippen molar-refractivity contribution in [1.82, 2.24) is 19.1 Å². The van der Waals surface area contributed by atoms with E-state index in [0.29, 0.717) is 19.1 Å². The van der Waals surface area contributed by atoms with E-state index in [0.717, 1.165) is 44.0 Å². The summed E-state index contributed by atoms with van der Waals surface area (Å²) in [6.45, 7) is 0.873. The molecule has 1 aromatic heterocycles. The number of nitrogens with zero attached hydrogens (tertiary/aromatic N) is 4. The number of sulfonamides is 1. The minimum atomic E-state index is -3.71. The second kappa shape index (κ2) is 5.60. The lowest BCUT2D eigenvalue weighted by atomic mass is 9.62. The molecule has 2 heterocycles. The predicted molar refractivity (Wildman–Crippen MR) is 92.5 cm³/mol. The molecule has 2 saturated carbocycles. The van der Waals surface area contributed by atoms with Gasteiger partial charge in [-0.25, -0.2) is 12.8 Å². The molecule has 138 valence electrons. The highest BCUT2D eigenvalue weighted by atomic mass is 32.2. The Balaban J connectivity index is 1.50. The smallest absolute Gasteiger partial charge is 0.243 e. The average Bonchev–Trinajstić information content (AvgIpc) is 3.16. The third kappa shape index (κ3) is 2.42. The fourth-order valence-electron chi connectivity index (χ4n) is 4.51. The minimum absolute atomic E-state index is 0.0243. The molecular weight excluding hydrogens is 355 g/mol. The number of benzene rings is 1. The molecule has 0 radical (unpaired) electrons. The van der Waals surface area contributed by atoms with Crippen LogP contribution in [0.3, 0.4) is 0 Å². The molecule has 1 unspecified atom stereocenters. The number of aromatic nitrogens is 3. The van der Waals surface area contributed by atoms with Gasteiger partial charge in [-0.1, -0.05) is 12.5 Å². The molecule has 1 atom stereocenters. The van der Waals surface area contributed by atoms with Crippen LogP contribution in [0.5, 0.6) is 0 Å². The maximum Gasteiger partial charge on any atom is 0.243 e. The van der Waals surface area contributed by atoms with Crippen LogP contribution in [0.2, 0.25) is 0 Å². The number of hydrogen-bond donors (Lipinski definition) is 0. The summed E-state index contributed by atoms with van der Waals surface area (Å²) >= 11 is 0. The van der Waals surface area contributed by atoms with Gasteiger partial charge in [0.15, 0.2) is 0 Å². The van der Waals surface area contributed by atoms with Crippen molar-refractivity contribution in [2.75, 3.05) is 13.1 Å². The van der Waals surface area contributed by atoms with Crippen LogP contribution in [0.4, 0.5) is 4.39 Å². The zero-order valence-electron chi connectivity index (χ0n) is 14.4. The fourth-order valence-corrected chi connectivity index (χ4v) is 6.09. The Bertz CT molecular complexity index is 950. The van der Waals surface area contributed by atoms with E-state index in [-0.39, 0.29) is 16.2 Å². The number of rotatable bonds is 4. The van der Waals surface area contributed by atoms with Crippen LogP contribution in [-0.4, -0.2) is 40.6 Å². The van der Waals surface area contributed by atoms with E-state index >= 15 is 0 Å². The van der Waals surface area contributed by atoms with Crippen LogP contribution < -0.4 is 0 Å². The van der Waals surface area contributed by atoms with Gasteiger partial charge in [-0.05, 0) is 49.3 Å². The molecule has 2 aliphatic carbocycles. The van der Waals surface area contributed by atoms with Crippen molar-refractivity contribution in [1.29, 1.82) is 0 Å². The first-order valence-corrected chi connectivity index (χ1v) is 10.6. The van der Waals surface area contributed by atoms with Crippen molar-refractivity contribution in [2.24, 2.45) is 5.41 Å². The second-order valence-corrected chi connectivity index (χ2v) is 9.79. The quantitative estimate of drug-likeness (QED) is 0.823. The lowest BCUT2D eigenvalue weighted by molar-refractivity contribution is 0.125. The van der Waals surface area contributed by atoms with E-state index in [4.69, 9.17) is 0 Å². The Morgan fingerprint density at radius 2 is 2.04 bits per heavy atom. The molecule has 1 saturated heterocycles. The molecule has 3 aliphatic rings. The van der Waals surface area contributed by atoms with Gasteiger partial charge >= 0.3 is 0 Å². The highest BCUT2D eigenvalue weighted by molar-refractivity contribution is 7.89. The Labute approximate surface area is 152 Å². The van der Waals surface area contributed by atoms with E-state index in [9.17, 15) is 12.8 Å². The number of hydrogen-bond acceptors (Lipinski definition) is 4. The molecule has 3 fully saturated rings. The van der Waals surface area contributed by atoms with Gasteiger partial charge < -0.3 is 4.57 Å². The van der Waals surface area contributed by atoms with Gasteiger partial charge in [0.1, 0.15) is 18.0 Å². The molecule has 5 rings (SSSR count). The molecule has 1 aromatic carbocycles. The summed E-state index contributed by atoms with van der Waals surface area (Å²) in [5, 5.41) is 8.48. The topological polar surface area (TPSA) is 68.1 Å². The first-order chi connectivity index (χ1) is 12.5. The van der Waals surface area contributed by atoms with Crippen molar-refractivity contribution < 1.29 is 12.8 Å². The Hall–Kier alpha value is -1.80. The fraction of sp³-hybridized carbons (Fsp3) is 0.556. The molecule has 26 heavy (non-hydrogen) atoms. The summed E-state index contributed by atoms with van der Waals surface area (Å²) in [4.78, 5) is 0.0243. The summed E-state index contributed by atoms with van der Waals surface area (Å²) in [5.74, 6) is 0.445. The van der Waals surface area contributed by atoms with E-state index in [1.807, 2.05) is 0 Å². The molecule has 0 amide bonds. The van der Waals surface area contributed by atoms with E-state index < -0.39 is 15.8 Å². The third-order valence-electron chi connectivity index (χ3n) is 6.25. The molecule has 0 bridgehead atoms. The zero-order chi connectivity index (χ0) is 17.9. The van der Waals surface area contributed by atoms with Crippen molar-refractivity contribution >= 4 is 10.0 Å². The highest BCUT2D eigenvalue weighted by Gasteiger charge is 2.55. The summed E-state index contributed by atoms with van der Waals surface area (Å²) < 4.78 is 43.4. The van der Waals surface area contributed by atoms with Crippen LogP contribution in [0.15, 0.2) is 35.5 Å². The van der Waals surface area contributed by atoms with Crippen LogP contribution in [-0.2, 0) is 10.0 Å². The maximum absolute atomic E-state index is 13.6. The van der Waals surface area contributed by atoms with Gasteiger partial charge in [-0.3, -0.25) is 0 Å². The van der Waals surface area contributed by atoms with Gasteiger partial charge in [0.05, 0.1) is 4.90 Å². The Kier molecular flexibility index (Phi) is 3.53. The standard InChI is InChI=1S/C18H21FN4O2S/c19-13-3-1-4-15(9-13)26(24,25)22-10-16(18(11-22)7-2-8-18)17-21-20-12-23(17)14-5-6-14/h1,3-4,9,12,14,16H,2,5-8,10-11H2. The van der Waals surface area contributed by atoms with Crippen LogP contribution in [0.25, 0.3) is 0 Å². The van der Waals surface area contributed by atoms with Gasteiger partial charge in [-0.15, -0.1) is 10.2 Å². The molecule has 6 nitrogen and oxygen atoms in total. The Morgan fingerprint density at radius 1 is 1.23 bits per heavy atom. The first-order valence-electron chi connectivity index (χ1n) is 9.15. The van der Waals surface area contributed by atoms with Gasteiger partial charge in [0, 0.05) is 25.0 Å². The lowest BCUT2D eigenvalue weighted by Gasteiger charge is -2.42. The van der Waals surface area contributed by atoms with Crippen molar-refractivity contribution in [3.05, 3.63) is 42.2 Å². The summed E-state index contributed by atoms with van der Waals surface area (Å²) in [6, 6.07) is 5.73. The third-order valence-corrected chi connectivity index (χ3v) is 8.06. The van der Waals surface area contributed by atoms with E-state index in [1.54, 1.807) is 6.33 Å². The van der Waals surface area contributed by atoms with Crippen molar-refractivity contribution in [2.45, 2.75) is 49.0 Å². The zero-order valence-corrected chi connectivity index (χ0v) is 15.2. The minimum Gasteiger partial charge on any atom is -0.314 e. The maximum atomic E-state index is 13.6. The van der Waals surface area contributed by atoms with Crippen molar-refractivity contribution in [3.8, 4) is 0 Å². The van der Waals surface area contributed by atoms with Gasteiger partial charge in [0.25, 0.3) is 0 Å². The summed E-state index contributed by atoms with van der Waals surface area (Å²) in [5.41, 5.74) is -0.0555. The molecular formula is C18H21FN4O2S. The monoisotopic (exact) mass is 376 g/mol. The number of halogens is 1. The van der Waals surface area contributed by atoms with Crippen LogP contribution >= 0.6 is 0 Å².